The fourth-order valence-electron chi connectivity index (χ4n) is 3.46. The van der Waals surface area contributed by atoms with Crippen molar-refractivity contribution in [2.45, 2.75) is 57.0 Å². The number of hydrogen-bond acceptors (Lipinski definition) is 12. The van der Waals surface area contributed by atoms with E-state index in [1.807, 2.05) is 0 Å². The first-order valence-electron chi connectivity index (χ1n) is 11.2. The van der Waals surface area contributed by atoms with Gasteiger partial charge in [0.1, 0.15) is 42.0 Å². The minimum atomic E-state index is -4.34. The topological polar surface area (TPSA) is 208 Å². The number of para-hydroxylation sites is 1. The van der Waals surface area contributed by atoms with Crippen molar-refractivity contribution in [2.75, 3.05) is 12.3 Å². The Labute approximate surface area is 212 Å². The minimum Gasteiger partial charge on any atom is -0.462 e. The van der Waals surface area contributed by atoms with Crippen LogP contribution in [0.4, 0.5) is 5.82 Å². The van der Waals surface area contributed by atoms with Gasteiger partial charge in [-0.2, -0.15) is 15.3 Å². The Kier molecular flexibility index (Phi) is 8.70. The van der Waals surface area contributed by atoms with Gasteiger partial charge in [0, 0.05) is 6.20 Å². The molecule has 5 N–H and O–H groups in total. The Bertz CT molecular complexity index is 1250. The summed E-state index contributed by atoms with van der Waals surface area (Å²) in [5, 5.41) is 33.5. The average Bonchev–Trinajstić information content (AvgIpc) is 3.08. The van der Waals surface area contributed by atoms with Gasteiger partial charge in [0.15, 0.2) is 0 Å². The predicted molar refractivity (Wildman–Crippen MR) is 128 cm³/mol. The smallest absolute Gasteiger partial charge is 0.459 e. The normalized spacial score (nSPS) is 25.7. The molecule has 1 fully saturated rings. The largest absolute Gasteiger partial charge is 0.462 e. The summed E-state index contributed by atoms with van der Waals surface area (Å²) in [5.74, 6) is -0.708. The van der Waals surface area contributed by atoms with Gasteiger partial charge in [0.2, 0.25) is 0 Å². The van der Waals surface area contributed by atoms with Crippen LogP contribution < -0.4 is 21.0 Å². The van der Waals surface area contributed by atoms with E-state index >= 15 is 0 Å². The van der Waals surface area contributed by atoms with E-state index in [-0.39, 0.29) is 11.6 Å². The van der Waals surface area contributed by atoms with Gasteiger partial charge in [-0.3, -0.25) is 13.9 Å². The van der Waals surface area contributed by atoms with Gasteiger partial charge in [-0.1, -0.05) is 18.2 Å². The third-order valence-electron chi connectivity index (χ3n) is 5.21. The Balaban J connectivity index is 1.83. The van der Waals surface area contributed by atoms with Crippen molar-refractivity contribution in [1.29, 1.82) is 5.26 Å². The number of carbonyl (C=O) groups is 1. The van der Waals surface area contributed by atoms with Crippen LogP contribution in [0.5, 0.6) is 5.75 Å². The molecule has 6 unspecified atom stereocenters. The predicted octanol–water partition coefficient (Wildman–Crippen LogP) is 0.256. The molecule has 1 aromatic carbocycles. The van der Waals surface area contributed by atoms with Gasteiger partial charge in [0.25, 0.3) is 5.72 Å². The molecule has 0 amide bonds. The van der Waals surface area contributed by atoms with Crippen molar-refractivity contribution in [3.63, 3.8) is 0 Å². The average molecular weight is 537 g/mol. The third-order valence-corrected chi connectivity index (χ3v) is 6.86. The zero-order valence-electron chi connectivity index (χ0n) is 20.3. The summed E-state index contributed by atoms with van der Waals surface area (Å²) in [6, 6.07) is 9.70. The molecule has 0 spiro atoms. The molecule has 3 rings (SSSR count). The number of nitriles is 1. The Morgan fingerprint density at radius 2 is 2.00 bits per heavy atom. The van der Waals surface area contributed by atoms with E-state index in [4.69, 9.17) is 24.3 Å². The fraction of sp³-hybridized carbons (Fsp3) is 0.455. The zero-order valence-corrected chi connectivity index (χ0v) is 21.1. The minimum absolute atomic E-state index is 0.127. The lowest BCUT2D eigenvalue weighted by Gasteiger charge is -2.26. The summed E-state index contributed by atoms with van der Waals surface area (Å²) >= 11 is 0. The van der Waals surface area contributed by atoms with Crippen LogP contribution in [0.3, 0.4) is 0 Å². The molecule has 37 heavy (non-hydrogen) atoms. The Hall–Kier alpha value is -3.31. The number of benzene rings is 1. The number of aromatic nitrogens is 2. The quantitative estimate of drug-likeness (QED) is 0.237. The van der Waals surface area contributed by atoms with Crippen molar-refractivity contribution in [1.82, 2.24) is 14.6 Å². The van der Waals surface area contributed by atoms with Crippen LogP contribution in [0.15, 0.2) is 47.4 Å². The van der Waals surface area contributed by atoms with Crippen molar-refractivity contribution in [3.05, 3.63) is 53.1 Å². The lowest BCUT2D eigenvalue weighted by atomic mass is 10.0. The van der Waals surface area contributed by atoms with Crippen molar-refractivity contribution in [2.24, 2.45) is 0 Å². The van der Waals surface area contributed by atoms with Crippen LogP contribution in [0.25, 0.3) is 0 Å². The van der Waals surface area contributed by atoms with Gasteiger partial charge >= 0.3 is 19.4 Å². The number of carbonyl (C=O) groups excluding carboxylic acids is 1. The van der Waals surface area contributed by atoms with Crippen molar-refractivity contribution < 1.29 is 38.1 Å². The van der Waals surface area contributed by atoms with Gasteiger partial charge < -0.3 is 29.9 Å². The maximum absolute atomic E-state index is 13.6. The lowest BCUT2D eigenvalue weighted by molar-refractivity contribution is -0.149. The SMILES string of the molecule is CC(C)OC(=O)C(C)NP(=O)(OCC1OC(C#N)(n2ccc(N)nc2=O)C(O)C1O)Oc1ccccc1. The first-order chi connectivity index (χ1) is 17.4. The second kappa shape index (κ2) is 11.4. The molecule has 200 valence electrons. The second-order valence-corrected chi connectivity index (χ2v) is 10.1. The molecule has 14 nitrogen and oxygen atoms in total. The van der Waals surface area contributed by atoms with Gasteiger partial charge in [-0.05, 0) is 39.0 Å². The summed E-state index contributed by atoms with van der Waals surface area (Å²) < 4.78 is 36.0. The number of esters is 1. The van der Waals surface area contributed by atoms with Crippen LogP contribution in [-0.4, -0.2) is 62.8 Å². The maximum atomic E-state index is 13.6. The van der Waals surface area contributed by atoms with Gasteiger partial charge in [-0.15, -0.1) is 0 Å². The molecule has 1 aliphatic rings. The monoisotopic (exact) mass is 537 g/mol. The Morgan fingerprint density at radius 3 is 2.59 bits per heavy atom. The van der Waals surface area contributed by atoms with E-state index < -0.39 is 62.2 Å². The van der Waals surface area contributed by atoms with Gasteiger partial charge in [-0.25, -0.2) is 9.36 Å². The second-order valence-electron chi connectivity index (χ2n) is 8.44. The molecule has 0 radical (unpaired) electrons. The number of nitrogens with one attached hydrogen (secondary N) is 1. The number of nitrogen functional groups attached to an aromatic ring is 1. The highest BCUT2D eigenvalue weighted by Crippen LogP contribution is 2.46. The van der Waals surface area contributed by atoms with E-state index in [1.165, 1.54) is 25.1 Å². The summed E-state index contributed by atoms with van der Waals surface area (Å²) in [5.41, 5.74) is 2.10. The van der Waals surface area contributed by atoms with Crippen LogP contribution >= 0.6 is 7.75 Å². The number of nitrogens with two attached hydrogens (primary N) is 1. The molecular formula is C22H28N5O9P. The number of aliphatic hydroxyl groups excluding tert-OH is 2. The summed E-state index contributed by atoms with van der Waals surface area (Å²) in [7, 11) is -4.34. The molecule has 1 aliphatic heterocycles. The first kappa shape index (κ1) is 28.3. The summed E-state index contributed by atoms with van der Waals surface area (Å²) in [4.78, 5) is 28.1. The molecule has 1 saturated heterocycles. The van der Waals surface area contributed by atoms with E-state index in [9.17, 15) is 29.6 Å². The first-order valence-corrected chi connectivity index (χ1v) is 12.7. The molecule has 2 heterocycles. The molecule has 6 atom stereocenters. The highest BCUT2D eigenvalue weighted by Gasteiger charge is 2.57. The molecule has 1 aromatic heterocycles. The van der Waals surface area contributed by atoms with Gasteiger partial charge in [0.05, 0.1) is 12.7 Å². The molecule has 0 aliphatic carbocycles. The lowest BCUT2D eigenvalue weighted by Crippen LogP contribution is -2.49. The number of anilines is 1. The molecule has 0 bridgehead atoms. The van der Waals surface area contributed by atoms with E-state index in [2.05, 4.69) is 10.1 Å². The van der Waals surface area contributed by atoms with E-state index in [1.54, 1.807) is 38.1 Å². The number of nitrogens with zero attached hydrogens (tertiary/aromatic N) is 3. The fourth-order valence-corrected chi connectivity index (χ4v) is 4.96. The molecule has 0 saturated carbocycles. The summed E-state index contributed by atoms with van der Waals surface area (Å²) in [6.07, 6.45) is -4.47. The van der Waals surface area contributed by atoms with Crippen LogP contribution in [0.1, 0.15) is 20.8 Å². The number of rotatable bonds is 10. The number of ether oxygens (including phenoxy) is 2. The maximum Gasteiger partial charge on any atom is 0.459 e. The van der Waals surface area contributed by atoms with Crippen LogP contribution in [-0.2, 0) is 29.1 Å². The number of aliphatic hydroxyl groups is 2. The van der Waals surface area contributed by atoms with Crippen molar-refractivity contribution >= 4 is 19.5 Å². The molecular weight excluding hydrogens is 509 g/mol. The standard InChI is InChI=1S/C22H28N5O9P/c1-13(2)34-20(30)14(3)26-37(32,36-15-7-5-4-6-8-15)33-11-16-18(28)19(29)22(12-23,35-16)27-10-9-17(24)25-21(27)31/h4-10,13-14,16,18-19,28-29H,11H2,1-3H3,(H,26,32)(H2,24,25,31). The van der Waals surface area contributed by atoms with E-state index in [0.29, 0.717) is 4.57 Å². The Morgan fingerprint density at radius 1 is 1.32 bits per heavy atom. The van der Waals surface area contributed by atoms with E-state index in [0.717, 1.165) is 6.20 Å². The molecule has 2 aromatic rings. The third kappa shape index (κ3) is 6.34. The number of hydrogen-bond donors (Lipinski definition) is 4. The van der Waals surface area contributed by atoms with Crippen LogP contribution in [0, 0.1) is 11.3 Å². The summed E-state index contributed by atoms with van der Waals surface area (Å²) in [6.45, 7) is 4.01. The van der Waals surface area contributed by atoms with Crippen LogP contribution in [0.2, 0.25) is 0 Å². The molecule has 15 heteroatoms. The highest BCUT2D eigenvalue weighted by molar-refractivity contribution is 7.52. The highest BCUT2D eigenvalue weighted by atomic mass is 31.2. The van der Waals surface area contributed by atoms with Crippen molar-refractivity contribution in [3.8, 4) is 11.8 Å². The zero-order chi connectivity index (χ0) is 27.4.